The Morgan fingerprint density at radius 3 is 2.77 bits per heavy atom. The number of hydrogen-bond donors (Lipinski definition) is 2. The number of aromatic hydroxyl groups is 1. The molecule has 22 heavy (non-hydrogen) atoms. The Hall–Kier alpha value is -2.89. The van der Waals surface area contributed by atoms with Gasteiger partial charge in [-0.05, 0) is 36.8 Å². The molecule has 3 rings (SSSR count). The molecule has 2 aromatic heterocycles. The molecule has 3 aromatic rings. The summed E-state index contributed by atoms with van der Waals surface area (Å²) in [7, 11) is 0. The Kier molecular flexibility index (Phi) is 3.50. The van der Waals surface area contributed by atoms with Crippen molar-refractivity contribution in [1.82, 2.24) is 14.5 Å². The summed E-state index contributed by atoms with van der Waals surface area (Å²) in [5.41, 5.74) is 2.28. The number of halogens is 1. The van der Waals surface area contributed by atoms with Gasteiger partial charge in [-0.3, -0.25) is 4.79 Å². The Balaban J connectivity index is 1.94. The minimum atomic E-state index is -0.715. The molecule has 0 atom stereocenters. The van der Waals surface area contributed by atoms with Gasteiger partial charge in [0.1, 0.15) is 0 Å². The van der Waals surface area contributed by atoms with E-state index in [2.05, 4.69) is 9.97 Å². The van der Waals surface area contributed by atoms with Crippen LogP contribution in [0.25, 0.3) is 11.1 Å². The summed E-state index contributed by atoms with van der Waals surface area (Å²) in [6, 6.07) is 7.27. The van der Waals surface area contributed by atoms with Crippen LogP contribution in [0.5, 0.6) is 5.75 Å². The SMILES string of the molecule is Cc1cncn1Cc1ccc(-c2ccc(F)c(O)c2)c(=O)[nH]1. The molecule has 0 bridgehead atoms. The maximum Gasteiger partial charge on any atom is 0.256 e. The first kappa shape index (κ1) is 14.1. The van der Waals surface area contributed by atoms with Gasteiger partial charge in [-0.15, -0.1) is 0 Å². The molecule has 2 heterocycles. The molecular weight excluding hydrogens is 285 g/mol. The van der Waals surface area contributed by atoms with Gasteiger partial charge in [0.2, 0.25) is 0 Å². The van der Waals surface area contributed by atoms with Gasteiger partial charge in [0.25, 0.3) is 5.56 Å². The lowest BCUT2D eigenvalue weighted by molar-refractivity contribution is 0.433. The second-order valence-corrected chi connectivity index (χ2v) is 5.06. The third-order valence-corrected chi connectivity index (χ3v) is 3.49. The van der Waals surface area contributed by atoms with E-state index < -0.39 is 11.6 Å². The average molecular weight is 299 g/mol. The van der Waals surface area contributed by atoms with Crippen LogP contribution in [0.2, 0.25) is 0 Å². The summed E-state index contributed by atoms with van der Waals surface area (Å²) in [6.07, 6.45) is 3.44. The van der Waals surface area contributed by atoms with Gasteiger partial charge in [0.05, 0.1) is 12.9 Å². The lowest BCUT2D eigenvalue weighted by atomic mass is 10.1. The van der Waals surface area contributed by atoms with E-state index in [0.29, 0.717) is 17.7 Å². The zero-order valence-corrected chi connectivity index (χ0v) is 11.9. The largest absolute Gasteiger partial charge is 0.505 e. The molecule has 1 aromatic carbocycles. The minimum Gasteiger partial charge on any atom is -0.505 e. The third kappa shape index (κ3) is 2.63. The van der Waals surface area contributed by atoms with Crippen molar-refractivity contribution < 1.29 is 9.50 Å². The Morgan fingerprint density at radius 1 is 1.32 bits per heavy atom. The van der Waals surface area contributed by atoms with Crippen molar-refractivity contribution in [3.63, 3.8) is 0 Å². The Labute approximate surface area is 125 Å². The van der Waals surface area contributed by atoms with Gasteiger partial charge in [-0.2, -0.15) is 0 Å². The smallest absolute Gasteiger partial charge is 0.256 e. The molecule has 112 valence electrons. The highest BCUT2D eigenvalue weighted by molar-refractivity contribution is 5.64. The highest BCUT2D eigenvalue weighted by Crippen LogP contribution is 2.23. The van der Waals surface area contributed by atoms with Crippen LogP contribution in [0.15, 0.2) is 47.7 Å². The van der Waals surface area contributed by atoms with E-state index in [0.717, 1.165) is 17.5 Å². The fourth-order valence-corrected chi connectivity index (χ4v) is 2.25. The maximum atomic E-state index is 13.1. The zero-order chi connectivity index (χ0) is 15.7. The Bertz CT molecular complexity index is 883. The molecule has 0 saturated heterocycles. The van der Waals surface area contributed by atoms with E-state index in [1.54, 1.807) is 24.7 Å². The van der Waals surface area contributed by atoms with Crippen LogP contribution >= 0.6 is 0 Å². The molecule has 0 amide bonds. The van der Waals surface area contributed by atoms with Crippen molar-refractivity contribution in [1.29, 1.82) is 0 Å². The molecule has 0 unspecified atom stereocenters. The number of phenols is 1. The molecule has 0 aliphatic carbocycles. The topological polar surface area (TPSA) is 70.9 Å². The molecule has 0 fully saturated rings. The average Bonchev–Trinajstić information content (AvgIpc) is 2.88. The number of imidazole rings is 1. The number of H-pyrrole nitrogens is 1. The third-order valence-electron chi connectivity index (χ3n) is 3.49. The van der Waals surface area contributed by atoms with Crippen molar-refractivity contribution >= 4 is 0 Å². The number of hydrogen-bond acceptors (Lipinski definition) is 3. The number of rotatable bonds is 3. The van der Waals surface area contributed by atoms with E-state index in [1.165, 1.54) is 12.1 Å². The molecule has 0 aliphatic heterocycles. The number of aromatic amines is 1. The number of pyridine rings is 1. The highest BCUT2D eigenvalue weighted by atomic mass is 19.1. The van der Waals surface area contributed by atoms with Crippen LogP contribution in [-0.4, -0.2) is 19.6 Å². The molecule has 6 heteroatoms. The van der Waals surface area contributed by atoms with E-state index in [4.69, 9.17) is 0 Å². The van der Waals surface area contributed by atoms with Gasteiger partial charge in [-0.25, -0.2) is 9.37 Å². The normalized spacial score (nSPS) is 10.8. The van der Waals surface area contributed by atoms with E-state index in [9.17, 15) is 14.3 Å². The van der Waals surface area contributed by atoms with Gasteiger partial charge in [0, 0.05) is 23.1 Å². The van der Waals surface area contributed by atoms with Crippen LogP contribution in [0, 0.1) is 12.7 Å². The molecule has 5 nitrogen and oxygen atoms in total. The van der Waals surface area contributed by atoms with Crippen LogP contribution in [0.4, 0.5) is 4.39 Å². The predicted octanol–water partition coefficient (Wildman–Crippen LogP) is 2.44. The lowest BCUT2D eigenvalue weighted by Gasteiger charge is -2.07. The summed E-state index contributed by atoms with van der Waals surface area (Å²) in [4.78, 5) is 19.0. The highest BCUT2D eigenvalue weighted by Gasteiger charge is 2.08. The van der Waals surface area contributed by atoms with Crippen molar-refractivity contribution in [2.75, 3.05) is 0 Å². The lowest BCUT2D eigenvalue weighted by Crippen LogP contribution is -2.13. The first-order valence-electron chi connectivity index (χ1n) is 6.72. The molecular formula is C16H14FN3O2. The second-order valence-electron chi connectivity index (χ2n) is 5.06. The molecule has 0 saturated carbocycles. The van der Waals surface area contributed by atoms with Crippen LogP contribution in [0.1, 0.15) is 11.4 Å². The standard InChI is InChI=1S/C16H14FN3O2/c1-10-7-18-9-20(10)8-12-3-4-13(16(22)19-12)11-2-5-14(17)15(21)6-11/h2-7,9,21H,8H2,1H3,(H,19,22). The van der Waals surface area contributed by atoms with Crippen LogP contribution < -0.4 is 5.56 Å². The summed E-state index contributed by atoms with van der Waals surface area (Å²) < 4.78 is 15.0. The first-order chi connectivity index (χ1) is 10.5. The van der Waals surface area contributed by atoms with Crippen molar-refractivity contribution in [2.45, 2.75) is 13.5 Å². The van der Waals surface area contributed by atoms with Gasteiger partial charge >= 0.3 is 0 Å². The fourth-order valence-electron chi connectivity index (χ4n) is 2.25. The van der Waals surface area contributed by atoms with E-state index >= 15 is 0 Å². The summed E-state index contributed by atoms with van der Waals surface area (Å²) in [5, 5.41) is 9.41. The second kappa shape index (κ2) is 5.48. The summed E-state index contributed by atoms with van der Waals surface area (Å²) in [5.74, 6) is -1.19. The quantitative estimate of drug-likeness (QED) is 0.780. The van der Waals surface area contributed by atoms with Crippen LogP contribution in [-0.2, 0) is 6.54 Å². The number of benzene rings is 1. The number of phenolic OH excluding ortho intramolecular Hbond substituents is 1. The Morgan fingerprint density at radius 2 is 2.14 bits per heavy atom. The molecule has 2 N–H and O–H groups in total. The van der Waals surface area contributed by atoms with Crippen LogP contribution in [0.3, 0.4) is 0 Å². The molecule has 0 spiro atoms. The van der Waals surface area contributed by atoms with E-state index in [1.807, 2.05) is 11.5 Å². The predicted molar refractivity (Wildman–Crippen MR) is 80.2 cm³/mol. The zero-order valence-electron chi connectivity index (χ0n) is 11.9. The van der Waals surface area contributed by atoms with Crippen molar-refractivity contribution in [2.24, 2.45) is 0 Å². The first-order valence-corrected chi connectivity index (χ1v) is 6.72. The summed E-state index contributed by atoms with van der Waals surface area (Å²) >= 11 is 0. The molecule has 0 radical (unpaired) electrons. The number of aromatic nitrogens is 3. The van der Waals surface area contributed by atoms with Crippen molar-refractivity contribution in [3.05, 3.63) is 70.4 Å². The van der Waals surface area contributed by atoms with Gasteiger partial charge < -0.3 is 14.7 Å². The van der Waals surface area contributed by atoms with Gasteiger partial charge in [0.15, 0.2) is 11.6 Å². The minimum absolute atomic E-state index is 0.290. The molecule has 0 aliphatic rings. The van der Waals surface area contributed by atoms with Gasteiger partial charge in [-0.1, -0.05) is 6.07 Å². The number of nitrogens with one attached hydrogen (secondary N) is 1. The number of aryl methyl sites for hydroxylation is 1. The van der Waals surface area contributed by atoms with E-state index in [-0.39, 0.29) is 5.56 Å². The number of nitrogens with zero attached hydrogens (tertiary/aromatic N) is 2. The maximum absolute atomic E-state index is 13.1. The monoisotopic (exact) mass is 299 g/mol. The summed E-state index contributed by atoms with van der Waals surface area (Å²) in [6.45, 7) is 2.44. The van der Waals surface area contributed by atoms with Crippen molar-refractivity contribution in [3.8, 4) is 16.9 Å². The fraction of sp³-hybridized carbons (Fsp3) is 0.125.